The van der Waals surface area contributed by atoms with Crippen LogP contribution in [0.15, 0.2) is 42.7 Å². The molecule has 1 aromatic rings. The quantitative estimate of drug-likeness (QED) is 0.225. The molecule has 0 amide bonds. The van der Waals surface area contributed by atoms with Crippen LogP contribution in [0.4, 0.5) is 0 Å². The van der Waals surface area contributed by atoms with Crippen LogP contribution < -0.4 is 5.32 Å². The molecule has 0 saturated carbocycles. The molecule has 1 N–H and O–H groups in total. The molecule has 1 aliphatic heterocycles. The average Bonchev–Trinajstić information content (AvgIpc) is 3.30. The van der Waals surface area contributed by atoms with Gasteiger partial charge < -0.3 is 10.2 Å². The zero-order valence-corrected chi connectivity index (χ0v) is 20.9. The molecule has 2 atom stereocenters. The lowest BCUT2D eigenvalue weighted by Gasteiger charge is -2.32. The van der Waals surface area contributed by atoms with E-state index in [1.807, 2.05) is 30.1 Å². The van der Waals surface area contributed by atoms with Crippen LogP contribution in [0.2, 0.25) is 0 Å². The van der Waals surface area contributed by atoms with Gasteiger partial charge in [-0.3, -0.25) is 14.6 Å². The molecule has 1 saturated heterocycles. The van der Waals surface area contributed by atoms with E-state index in [2.05, 4.69) is 60.3 Å². The summed E-state index contributed by atoms with van der Waals surface area (Å²) in [4.78, 5) is 9.83. The molecular weight excluding hydrogens is 475 g/mol. The predicted molar refractivity (Wildman–Crippen MR) is 134 cm³/mol. The highest BCUT2D eigenvalue weighted by Gasteiger charge is 2.27. The maximum absolute atomic E-state index is 5.04. The smallest absolute Gasteiger partial charge is 0.193 e. The van der Waals surface area contributed by atoms with E-state index in [0.29, 0.717) is 17.9 Å². The second-order valence-electron chi connectivity index (χ2n) is 7.92. The van der Waals surface area contributed by atoms with Crippen molar-refractivity contribution < 1.29 is 0 Å². The van der Waals surface area contributed by atoms with Gasteiger partial charge in [-0.05, 0) is 24.8 Å². The Kier molecular flexibility index (Phi) is 11.6. The van der Waals surface area contributed by atoms with Gasteiger partial charge in [0.15, 0.2) is 5.96 Å². The van der Waals surface area contributed by atoms with Gasteiger partial charge in [0.2, 0.25) is 0 Å². The van der Waals surface area contributed by atoms with Gasteiger partial charge in [-0.25, -0.2) is 0 Å². The summed E-state index contributed by atoms with van der Waals surface area (Å²) in [7, 11) is 1.98. The number of nitrogens with one attached hydrogen (secondary N) is 1. The average molecular weight is 515 g/mol. The van der Waals surface area contributed by atoms with Crippen LogP contribution in [-0.2, 0) is 7.05 Å². The third-order valence-corrected chi connectivity index (χ3v) is 5.41. The van der Waals surface area contributed by atoms with Crippen molar-refractivity contribution in [2.24, 2.45) is 18.0 Å². The zero-order valence-electron chi connectivity index (χ0n) is 18.5. The fourth-order valence-electron chi connectivity index (χ4n) is 3.91. The first-order valence-corrected chi connectivity index (χ1v) is 10.5. The maximum atomic E-state index is 5.04. The Labute approximate surface area is 194 Å². The molecular formula is C22H39IN6. The van der Waals surface area contributed by atoms with Gasteiger partial charge >= 0.3 is 0 Å². The van der Waals surface area contributed by atoms with Crippen LogP contribution in [0.25, 0.3) is 0 Å². The minimum atomic E-state index is 0. The second-order valence-corrected chi connectivity index (χ2v) is 7.92. The summed E-state index contributed by atoms with van der Waals surface area (Å²) in [6, 6.07) is 0.362. The van der Waals surface area contributed by atoms with E-state index in [1.165, 1.54) is 5.56 Å². The van der Waals surface area contributed by atoms with E-state index < -0.39 is 0 Å². The Bertz CT molecular complexity index is 643. The van der Waals surface area contributed by atoms with E-state index in [1.54, 1.807) is 0 Å². The molecule has 0 bridgehead atoms. The molecule has 6 nitrogen and oxygen atoms in total. The molecule has 2 unspecified atom stereocenters. The van der Waals surface area contributed by atoms with Gasteiger partial charge in [0.25, 0.3) is 0 Å². The number of aromatic nitrogens is 2. The van der Waals surface area contributed by atoms with Crippen molar-refractivity contribution in [2.75, 3.05) is 39.3 Å². The van der Waals surface area contributed by atoms with Crippen LogP contribution in [0.5, 0.6) is 0 Å². The topological polar surface area (TPSA) is 48.7 Å². The number of rotatable bonds is 10. The summed E-state index contributed by atoms with van der Waals surface area (Å²) in [5.41, 5.74) is 1.32. The highest BCUT2D eigenvalue weighted by atomic mass is 127. The molecule has 2 heterocycles. The van der Waals surface area contributed by atoms with Gasteiger partial charge in [-0.2, -0.15) is 5.10 Å². The number of hydrogen-bond donors (Lipinski definition) is 1. The number of likely N-dealkylation sites (tertiary alicyclic amines) is 1. The first-order chi connectivity index (χ1) is 13.5. The lowest BCUT2D eigenvalue weighted by atomic mass is 10.0. The molecule has 29 heavy (non-hydrogen) atoms. The zero-order chi connectivity index (χ0) is 20.5. The monoisotopic (exact) mass is 514 g/mol. The number of halogens is 1. The number of aliphatic imine (C=N–C) groups is 1. The SMILES string of the molecule is C=CCN(CC=C)C(CN=C(NCC)N1CCC(c2cnn(C)c2)C1)C(C)C.I. The maximum Gasteiger partial charge on any atom is 0.193 e. The van der Waals surface area contributed by atoms with Crippen molar-refractivity contribution in [1.29, 1.82) is 0 Å². The molecule has 0 aliphatic carbocycles. The fraction of sp³-hybridized carbons (Fsp3) is 0.636. The number of guanidine groups is 1. The highest BCUT2D eigenvalue weighted by molar-refractivity contribution is 14.0. The first-order valence-electron chi connectivity index (χ1n) is 10.5. The lowest BCUT2D eigenvalue weighted by molar-refractivity contribution is 0.195. The molecule has 1 aromatic heterocycles. The normalized spacial score (nSPS) is 18.1. The number of hydrogen-bond acceptors (Lipinski definition) is 3. The van der Waals surface area contributed by atoms with E-state index in [4.69, 9.17) is 4.99 Å². The van der Waals surface area contributed by atoms with Crippen molar-refractivity contribution in [3.63, 3.8) is 0 Å². The van der Waals surface area contributed by atoms with Crippen molar-refractivity contribution in [1.82, 2.24) is 24.9 Å². The largest absolute Gasteiger partial charge is 0.357 e. The van der Waals surface area contributed by atoms with Crippen molar-refractivity contribution in [2.45, 2.75) is 39.2 Å². The summed E-state index contributed by atoms with van der Waals surface area (Å²) in [6.07, 6.45) is 9.20. The number of aryl methyl sites for hydroxylation is 1. The molecule has 7 heteroatoms. The third kappa shape index (κ3) is 7.44. The molecule has 1 fully saturated rings. The summed E-state index contributed by atoms with van der Waals surface area (Å²) in [5.74, 6) is 2.06. The number of nitrogens with zero attached hydrogens (tertiary/aromatic N) is 5. The van der Waals surface area contributed by atoms with Crippen molar-refractivity contribution >= 4 is 29.9 Å². The van der Waals surface area contributed by atoms with E-state index in [0.717, 1.165) is 51.6 Å². The predicted octanol–water partition coefficient (Wildman–Crippen LogP) is 3.49. The third-order valence-electron chi connectivity index (χ3n) is 5.41. The van der Waals surface area contributed by atoms with Gasteiger partial charge in [0.1, 0.15) is 0 Å². The minimum absolute atomic E-state index is 0. The van der Waals surface area contributed by atoms with Crippen molar-refractivity contribution in [3.8, 4) is 0 Å². The Morgan fingerprint density at radius 3 is 2.59 bits per heavy atom. The van der Waals surface area contributed by atoms with Crippen LogP contribution in [0, 0.1) is 5.92 Å². The molecule has 0 spiro atoms. The summed E-state index contributed by atoms with van der Waals surface area (Å²) < 4.78 is 1.89. The fourth-order valence-corrected chi connectivity index (χ4v) is 3.91. The van der Waals surface area contributed by atoms with E-state index >= 15 is 0 Å². The minimum Gasteiger partial charge on any atom is -0.357 e. The lowest BCUT2D eigenvalue weighted by Crippen LogP contribution is -2.44. The Morgan fingerprint density at radius 1 is 1.38 bits per heavy atom. The summed E-state index contributed by atoms with van der Waals surface area (Å²) in [5, 5.41) is 7.83. The standard InChI is InChI=1S/C22H38N6.HI/c1-7-11-27(12-8-2)21(18(4)5)15-24-22(23-9-3)28-13-10-19(17-28)20-14-25-26(6)16-20;/h7-8,14,16,18-19,21H,1-2,9-13,15,17H2,3-6H3,(H,23,24);1H. The van der Waals surface area contributed by atoms with Crippen LogP contribution in [0.3, 0.4) is 0 Å². The van der Waals surface area contributed by atoms with E-state index in [9.17, 15) is 0 Å². The van der Waals surface area contributed by atoms with E-state index in [-0.39, 0.29) is 24.0 Å². The van der Waals surface area contributed by atoms with Crippen LogP contribution >= 0.6 is 24.0 Å². The van der Waals surface area contributed by atoms with Gasteiger partial charge in [-0.15, -0.1) is 37.1 Å². The highest BCUT2D eigenvalue weighted by Crippen LogP contribution is 2.26. The van der Waals surface area contributed by atoms with Gasteiger partial charge in [0, 0.05) is 57.9 Å². The Morgan fingerprint density at radius 2 is 2.07 bits per heavy atom. The van der Waals surface area contributed by atoms with Gasteiger partial charge in [0.05, 0.1) is 12.7 Å². The Balaban J connectivity index is 0.00000420. The molecule has 2 rings (SSSR count). The van der Waals surface area contributed by atoms with Crippen LogP contribution in [-0.4, -0.2) is 70.9 Å². The van der Waals surface area contributed by atoms with Crippen molar-refractivity contribution in [3.05, 3.63) is 43.3 Å². The second kappa shape index (κ2) is 13.1. The molecule has 0 radical (unpaired) electrons. The summed E-state index contributed by atoms with van der Waals surface area (Å²) in [6.45, 7) is 19.9. The van der Waals surface area contributed by atoms with Gasteiger partial charge in [-0.1, -0.05) is 26.0 Å². The molecule has 164 valence electrons. The molecule has 1 aliphatic rings. The summed E-state index contributed by atoms with van der Waals surface area (Å²) >= 11 is 0. The first kappa shape index (κ1) is 25.7. The van der Waals surface area contributed by atoms with Crippen LogP contribution in [0.1, 0.15) is 38.7 Å². The molecule has 0 aromatic carbocycles. The Hall–Kier alpha value is -1.35.